The SMILES string of the molecule is COc1cccc(-c2nn(-c3ccc(F)cc3)cc2C(=O)OCC(=O)Nc2ccccc2C(C)=O)c1. The molecule has 36 heavy (non-hydrogen) atoms. The van der Waals surface area contributed by atoms with Gasteiger partial charge in [-0.2, -0.15) is 5.10 Å². The molecule has 0 spiro atoms. The van der Waals surface area contributed by atoms with E-state index in [1.54, 1.807) is 48.5 Å². The molecule has 0 aliphatic heterocycles. The number of ketones is 1. The third-order valence-corrected chi connectivity index (χ3v) is 5.28. The highest BCUT2D eigenvalue weighted by atomic mass is 19.1. The number of nitrogens with zero attached hydrogens (tertiary/aromatic N) is 2. The lowest BCUT2D eigenvalue weighted by molar-refractivity contribution is -0.119. The van der Waals surface area contributed by atoms with Gasteiger partial charge in [0.25, 0.3) is 5.91 Å². The van der Waals surface area contributed by atoms with E-state index in [-0.39, 0.29) is 11.3 Å². The van der Waals surface area contributed by atoms with Crippen LogP contribution < -0.4 is 10.1 Å². The molecule has 0 aliphatic carbocycles. The summed E-state index contributed by atoms with van der Waals surface area (Å²) in [5.41, 5.74) is 2.18. The summed E-state index contributed by atoms with van der Waals surface area (Å²) in [7, 11) is 1.52. The van der Waals surface area contributed by atoms with Crippen LogP contribution in [0.3, 0.4) is 0 Å². The van der Waals surface area contributed by atoms with Gasteiger partial charge >= 0.3 is 5.97 Å². The van der Waals surface area contributed by atoms with Crippen molar-refractivity contribution < 1.29 is 28.2 Å². The molecule has 0 unspecified atom stereocenters. The molecular formula is C27H22FN3O5. The molecule has 0 fully saturated rings. The Morgan fingerprint density at radius 3 is 2.44 bits per heavy atom. The van der Waals surface area contributed by atoms with Crippen LogP contribution in [0, 0.1) is 5.82 Å². The average molecular weight is 487 g/mol. The molecule has 3 aromatic carbocycles. The van der Waals surface area contributed by atoms with Gasteiger partial charge in [-0.05, 0) is 55.5 Å². The maximum absolute atomic E-state index is 13.4. The number of para-hydroxylation sites is 1. The van der Waals surface area contributed by atoms with Crippen LogP contribution in [0.2, 0.25) is 0 Å². The van der Waals surface area contributed by atoms with Crippen LogP contribution in [0.4, 0.5) is 10.1 Å². The topological polar surface area (TPSA) is 99.5 Å². The number of nitrogens with one attached hydrogen (secondary N) is 1. The molecular weight excluding hydrogens is 465 g/mol. The first kappa shape index (κ1) is 24.3. The normalized spacial score (nSPS) is 10.5. The first-order chi connectivity index (χ1) is 17.4. The molecule has 0 aliphatic rings. The largest absolute Gasteiger partial charge is 0.497 e. The minimum atomic E-state index is -0.781. The van der Waals surface area contributed by atoms with E-state index in [1.165, 1.54) is 49.2 Å². The number of aromatic nitrogens is 2. The van der Waals surface area contributed by atoms with Gasteiger partial charge in [-0.15, -0.1) is 0 Å². The fourth-order valence-electron chi connectivity index (χ4n) is 3.53. The maximum atomic E-state index is 13.4. The molecule has 0 radical (unpaired) electrons. The number of esters is 1. The summed E-state index contributed by atoms with van der Waals surface area (Å²) < 4.78 is 25.4. The van der Waals surface area contributed by atoms with Gasteiger partial charge < -0.3 is 14.8 Å². The van der Waals surface area contributed by atoms with Crippen molar-refractivity contribution in [2.24, 2.45) is 0 Å². The van der Waals surface area contributed by atoms with Crippen LogP contribution in [0.15, 0.2) is 79.0 Å². The lowest BCUT2D eigenvalue weighted by Gasteiger charge is -2.09. The van der Waals surface area contributed by atoms with E-state index < -0.39 is 24.3 Å². The zero-order valence-corrected chi connectivity index (χ0v) is 19.5. The highest BCUT2D eigenvalue weighted by Gasteiger charge is 2.22. The van der Waals surface area contributed by atoms with Crippen molar-refractivity contribution in [1.82, 2.24) is 9.78 Å². The highest BCUT2D eigenvalue weighted by molar-refractivity contribution is 6.04. The molecule has 0 saturated heterocycles. The Hall–Kier alpha value is -4.79. The molecule has 4 aromatic rings. The number of rotatable bonds is 8. The number of methoxy groups -OCH3 is 1. The Kier molecular flexibility index (Phi) is 7.20. The van der Waals surface area contributed by atoms with E-state index in [0.29, 0.717) is 33.9 Å². The lowest BCUT2D eigenvalue weighted by Crippen LogP contribution is -2.22. The van der Waals surface area contributed by atoms with E-state index in [0.717, 1.165) is 0 Å². The summed E-state index contributed by atoms with van der Waals surface area (Å²) >= 11 is 0. The predicted molar refractivity (Wildman–Crippen MR) is 131 cm³/mol. The Morgan fingerprint density at radius 2 is 1.72 bits per heavy atom. The zero-order valence-electron chi connectivity index (χ0n) is 19.5. The number of hydrogen-bond donors (Lipinski definition) is 1. The first-order valence-corrected chi connectivity index (χ1v) is 10.9. The van der Waals surface area contributed by atoms with Gasteiger partial charge in [0.15, 0.2) is 12.4 Å². The predicted octanol–water partition coefficient (Wildman–Crippen LogP) is 4.69. The number of ether oxygens (including phenoxy) is 2. The maximum Gasteiger partial charge on any atom is 0.342 e. The summed E-state index contributed by atoms with van der Waals surface area (Å²) in [4.78, 5) is 37.2. The van der Waals surface area contributed by atoms with E-state index in [9.17, 15) is 18.8 Å². The van der Waals surface area contributed by atoms with Crippen molar-refractivity contribution in [3.05, 3.63) is 95.9 Å². The van der Waals surface area contributed by atoms with E-state index in [4.69, 9.17) is 9.47 Å². The second-order valence-electron chi connectivity index (χ2n) is 7.77. The Balaban J connectivity index is 1.58. The zero-order chi connectivity index (χ0) is 25.7. The molecule has 1 heterocycles. The molecule has 1 amide bonds. The van der Waals surface area contributed by atoms with Gasteiger partial charge in [-0.25, -0.2) is 13.9 Å². The van der Waals surface area contributed by atoms with E-state index in [1.807, 2.05) is 0 Å². The molecule has 0 saturated carbocycles. The van der Waals surface area contributed by atoms with Crippen LogP contribution in [-0.2, 0) is 9.53 Å². The number of benzene rings is 3. The number of hydrogen-bond acceptors (Lipinski definition) is 6. The Bertz CT molecular complexity index is 1430. The molecule has 4 rings (SSSR count). The van der Waals surface area contributed by atoms with Gasteiger partial charge in [0, 0.05) is 17.3 Å². The summed E-state index contributed by atoms with van der Waals surface area (Å²) in [6.45, 7) is 0.814. The van der Waals surface area contributed by atoms with Gasteiger partial charge in [-0.3, -0.25) is 9.59 Å². The molecule has 0 bridgehead atoms. The average Bonchev–Trinajstić information content (AvgIpc) is 3.33. The fourth-order valence-corrected chi connectivity index (χ4v) is 3.53. The Morgan fingerprint density at radius 1 is 0.972 bits per heavy atom. The third kappa shape index (κ3) is 5.47. The van der Waals surface area contributed by atoms with Gasteiger partial charge in [0.2, 0.25) is 0 Å². The number of amides is 1. The molecule has 9 heteroatoms. The molecule has 1 aromatic heterocycles. The number of anilines is 1. The van der Waals surface area contributed by atoms with Crippen LogP contribution in [0.25, 0.3) is 16.9 Å². The minimum absolute atomic E-state index is 0.101. The number of halogens is 1. The third-order valence-electron chi connectivity index (χ3n) is 5.28. The summed E-state index contributed by atoms with van der Waals surface area (Å²) in [6, 6.07) is 19.1. The molecule has 0 atom stereocenters. The van der Waals surface area contributed by atoms with E-state index >= 15 is 0 Å². The summed E-state index contributed by atoms with van der Waals surface area (Å²) in [5, 5.41) is 7.09. The second kappa shape index (κ2) is 10.6. The number of carbonyl (C=O) groups excluding carboxylic acids is 3. The van der Waals surface area contributed by atoms with Crippen LogP contribution >= 0.6 is 0 Å². The van der Waals surface area contributed by atoms with Crippen molar-refractivity contribution >= 4 is 23.3 Å². The van der Waals surface area contributed by atoms with Gasteiger partial charge in [0.05, 0.1) is 18.5 Å². The van der Waals surface area contributed by atoms with Gasteiger partial charge in [0.1, 0.15) is 22.8 Å². The van der Waals surface area contributed by atoms with Crippen molar-refractivity contribution in [1.29, 1.82) is 0 Å². The van der Waals surface area contributed by atoms with Crippen LogP contribution in [0.1, 0.15) is 27.6 Å². The van der Waals surface area contributed by atoms with Crippen molar-refractivity contribution in [2.75, 3.05) is 19.0 Å². The monoisotopic (exact) mass is 487 g/mol. The highest BCUT2D eigenvalue weighted by Crippen LogP contribution is 2.27. The van der Waals surface area contributed by atoms with Crippen molar-refractivity contribution in [2.45, 2.75) is 6.92 Å². The van der Waals surface area contributed by atoms with Crippen molar-refractivity contribution in [3.8, 4) is 22.7 Å². The first-order valence-electron chi connectivity index (χ1n) is 10.9. The van der Waals surface area contributed by atoms with Crippen molar-refractivity contribution in [3.63, 3.8) is 0 Å². The van der Waals surface area contributed by atoms with Gasteiger partial charge in [-0.1, -0.05) is 24.3 Å². The van der Waals surface area contributed by atoms with Crippen LogP contribution in [0.5, 0.6) is 5.75 Å². The molecule has 1 N–H and O–H groups in total. The lowest BCUT2D eigenvalue weighted by atomic mass is 10.1. The summed E-state index contributed by atoms with van der Waals surface area (Å²) in [5.74, 6) is -1.44. The number of carbonyl (C=O) groups is 3. The second-order valence-corrected chi connectivity index (χ2v) is 7.77. The smallest absolute Gasteiger partial charge is 0.342 e. The van der Waals surface area contributed by atoms with Crippen LogP contribution in [-0.4, -0.2) is 41.2 Å². The minimum Gasteiger partial charge on any atom is -0.497 e. The number of Topliss-reactive ketones (excluding diaryl/α,β-unsaturated/α-hetero) is 1. The Labute approximate surface area is 206 Å². The summed E-state index contributed by atoms with van der Waals surface area (Å²) in [6.07, 6.45) is 1.45. The quantitative estimate of drug-likeness (QED) is 0.286. The van der Waals surface area contributed by atoms with E-state index in [2.05, 4.69) is 10.4 Å². The standard InChI is InChI=1S/C27H22FN3O5/c1-17(32)22-8-3-4-9-24(22)29-25(33)16-36-27(34)23-15-31(20-12-10-19(28)11-13-20)30-26(23)18-6-5-7-21(14-18)35-2/h3-15H,16H2,1-2H3,(H,29,33). The fraction of sp³-hybridized carbons (Fsp3) is 0.111. The molecule has 182 valence electrons. The molecule has 8 nitrogen and oxygen atoms in total.